The van der Waals surface area contributed by atoms with Gasteiger partial charge in [-0.2, -0.15) is 0 Å². The van der Waals surface area contributed by atoms with E-state index >= 15 is 0 Å². The van der Waals surface area contributed by atoms with Crippen molar-refractivity contribution < 1.29 is 34.1 Å². The van der Waals surface area contributed by atoms with Crippen LogP contribution in [0, 0.1) is 0 Å². The molecule has 1 heterocycles. The van der Waals surface area contributed by atoms with Gasteiger partial charge < -0.3 is 19.7 Å². The maximum Gasteiger partial charge on any atom is 0.353 e. The SMILES string of the molecule is CCOC(=O)C1=C(O)C(C(=O)O)OC1=O. The lowest BCUT2D eigenvalue weighted by Crippen LogP contribution is -2.22. The molecule has 7 heteroatoms. The summed E-state index contributed by atoms with van der Waals surface area (Å²) >= 11 is 0. The van der Waals surface area contributed by atoms with Gasteiger partial charge >= 0.3 is 17.9 Å². The summed E-state index contributed by atoms with van der Waals surface area (Å²) in [4.78, 5) is 32.6. The quantitative estimate of drug-likeness (QED) is 0.477. The van der Waals surface area contributed by atoms with Gasteiger partial charge in [-0.25, -0.2) is 14.4 Å². The predicted octanol–water partition coefficient (Wildman–Crippen LogP) is -0.628. The zero-order chi connectivity index (χ0) is 11.6. The standard InChI is InChI=1S/C8H8O7/c1-2-14-7(12)3-4(9)5(6(10)11)15-8(3)13/h5,9H,2H2,1H3,(H,10,11). The number of hydrogen-bond acceptors (Lipinski definition) is 6. The molecule has 0 amide bonds. The van der Waals surface area contributed by atoms with Gasteiger partial charge in [0.05, 0.1) is 6.61 Å². The van der Waals surface area contributed by atoms with Gasteiger partial charge in [0.2, 0.25) is 0 Å². The largest absolute Gasteiger partial charge is 0.507 e. The molecule has 1 atom stereocenters. The minimum atomic E-state index is -1.82. The van der Waals surface area contributed by atoms with E-state index in [1.54, 1.807) is 0 Å². The lowest BCUT2D eigenvalue weighted by molar-refractivity contribution is -0.158. The fraction of sp³-hybridized carbons (Fsp3) is 0.375. The van der Waals surface area contributed by atoms with E-state index in [0.29, 0.717) is 0 Å². The van der Waals surface area contributed by atoms with Crippen LogP contribution in [0.1, 0.15) is 6.92 Å². The molecule has 0 spiro atoms. The van der Waals surface area contributed by atoms with Crippen LogP contribution in [0.25, 0.3) is 0 Å². The van der Waals surface area contributed by atoms with Gasteiger partial charge in [-0.1, -0.05) is 0 Å². The van der Waals surface area contributed by atoms with Crippen molar-refractivity contribution in [3.05, 3.63) is 11.3 Å². The lowest BCUT2D eigenvalue weighted by Gasteiger charge is -2.01. The highest BCUT2D eigenvalue weighted by molar-refractivity contribution is 6.17. The zero-order valence-electron chi connectivity index (χ0n) is 7.72. The second kappa shape index (κ2) is 3.99. The monoisotopic (exact) mass is 216 g/mol. The normalized spacial score (nSPS) is 20.1. The molecule has 2 N–H and O–H groups in total. The summed E-state index contributed by atoms with van der Waals surface area (Å²) < 4.78 is 8.70. The Labute approximate surface area is 83.9 Å². The van der Waals surface area contributed by atoms with Crippen LogP contribution < -0.4 is 0 Å². The van der Waals surface area contributed by atoms with Crippen molar-refractivity contribution in [1.82, 2.24) is 0 Å². The lowest BCUT2D eigenvalue weighted by atomic mass is 10.2. The molecule has 0 bridgehead atoms. The van der Waals surface area contributed by atoms with E-state index in [1.807, 2.05) is 0 Å². The van der Waals surface area contributed by atoms with Gasteiger partial charge in [0.15, 0.2) is 11.3 Å². The Morgan fingerprint density at radius 2 is 2.13 bits per heavy atom. The molecule has 1 aliphatic heterocycles. The maximum absolute atomic E-state index is 11.1. The van der Waals surface area contributed by atoms with Gasteiger partial charge in [0.1, 0.15) is 0 Å². The van der Waals surface area contributed by atoms with E-state index in [9.17, 15) is 19.5 Å². The van der Waals surface area contributed by atoms with Crippen LogP contribution in [0.3, 0.4) is 0 Å². The number of cyclic esters (lactones) is 1. The highest BCUT2D eigenvalue weighted by Gasteiger charge is 2.43. The predicted molar refractivity (Wildman–Crippen MR) is 43.8 cm³/mol. The number of aliphatic carboxylic acids is 1. The molecule has 1 unspecified atom stereocenters. The van der Waals surface area contributed by atoms with Crippen molar-refractivity contribution in [2.45, 2.75) is 13.0 Å². The number of carboxylic acid groups (broad SMARTS) is 1. The number of ether oxygens (including phenoxy) is 2. The summed E-state index contributed by atoms with van der Waals surface area (Å²) in [5, 5.41) is 17.7. The van der Waals surface area contributed by atoms with Crippen molar-refractivity contribution in [3.63, 3.8) is 0 Å². The summed E-state index contributed by atoms with van der Waals surface area (Å²) in [6, 6.07) is 0. The van der Waals surface area contributed by atoms with Crippen LogP contribution in [-0.2, 0) is 23.9 Å². The average Bonchev–Trinajstić information content (AvgIpc) is 2.42. The minimum Gasteiger partial charge on any atom is -0.507 e. The van der Waals surface area contributed by atoms with Crippen molar-refractivity contribution in [2.75, 3.05) is 6.61 Å². The van der Waals surface area contributed by atoms with Gasteiger partial charge in [-0.15, -0.1) is 0 Å². The van der Waals surface area contributed by atoms with Gasteiger partial charge in [-0.05, 0) is 6.92 Å². The third kappa shape index (κ3) is 1.90. The fourth-order valence-electron chi connectivity index (χ4n) is 1.02. The Morgan fingerprint density at radius 3 is 2.53 bits per heavy atom. The maximum atomic E-state index is 11.1. The van der Waals surface area contributed by atoms with Gasteiger partial charge in [-0.3, -0.25) is 0 Å². The highest BCUT2D eigenvalue weighted by atomic mass is 16.6. The van der Waals surface area contributed by atoms with E-state index < -0.39 is 35.3 Å². The average molecular weight is 216 g/mol. The van der Waals surface area contributed by atoms with E-state index in [0.717, 1.165) is 0 Å². The molecule has 7 nitrogen and oxygen atoms in total. The van der Waals surface area contributed by atoms with Gasteiger partial charge in [0, 0.05) is 0 Å². The van der Waals surface area contributed by atoms with Crippen LogP contribution in [0.2, 0.25) is 0 Å². The molecule has 1 aliphatic rings. The van der Waals surface area contributed by atoms with Crippen molar-refractivity contribution >= 4 is 17.9 Å². The Hall–Kier alpha value is -2.05. The number of carbonyl (C=O) groups excluding carboxylic acids is 2. The number of esters is 2. The third-order valence-electron chi connectivity index (χ3n) is 1.64. The molecule has 0 aromatic carbocycles. The minimum absolute atomic E-state index is 0.000626. The van der Waals surface area contributed by atoms with E-state index in [2.05, 4.69) is 9.47 Å². The summed E-state index contributed by atoms with van der Waals surface area (Å²) in [6.07, 6.45) is -1.82. The summed E-state index contributed by atoms with van der Waals surface area (Å²) in [5.74, 6) is -4.77. The molecule has 15 heavy (non-hydrogen) atoms. The molecule has 0 aliphatic carbocycles. The first-order chi connectivity index (χ1) is 6.99. The Kier molecular flexibility index (Phi) is 2.93. The third-order valence-corrected chi connectivity index (χ3v) is 1.64. The number of carbonyl (C=O) groups is 3. The zero-order valence-corrected chi connectivity index (χ0v) is 7.72. The molecular weight excluding hydrogens is 208 g/mol. The van der Waals surface area contributed by atoms with E-state index in [4.69, 9.17) is 5.11 Å². The van der Waals surface area contributed by atoms with Crippen molar-refractivity contribution in [2.24, 2.45) is 0 Å². The van der Waals surface area contributed by atoms with E-state index in [1.165, 1.54) is 6.92 Å². The number of rotatable bonds is 3. The molecule has 0 saturated heterocycles. The van der Waals surface area contributed by atoms with Crippen LogP contribution in [0.4, 0.5) is 0 Å². The highest BCUT2D eigenvalue weighted by Crippen LogP contribution is 2.21. The number of aliphatic hydroxyl groups is 1. The Bertz CT molecular complexity index is 354. The smallest absolute Gasteiger partial charge is 0.353 e. The van der Waals surface area contributed by atoms with E-state index in [-0.39, 0.29) is 6.61 Å². The molecular formula is C8H8O7. The first-order valence-electron chi connectivity index (χ1n) is 4.03. The van der Waals surface area contributed by atoms with Crippen LogP contribution in [0.5, 0.6) is 0 Å². The first kappa shape index (κ1) is 11.0. The molecule has 0 fully saturated rings. The number of hydrogen-bond donors (Lipinski definition) is 2. The van der Waals surface area contributed by atoms with Gasteiger partial charge in [0.25, 0.3) is 6.10 Å². The summed E-state index contributed by atoms with van der Waals surface area (Å²) in [7, 11) is 0. The number of aliphatic hydroxyl groups excluding tert-OH is 1. The fourth-order valence-corrected chi connectivity index (χ4v) is 1.02. The molecule has 0 aromatic heterocycles. The first-order valence-corrected chi connectivity index (χ1v) is 4.03. The molecule has 0 radical (unpaired) electrons. The summed E-state index contributed by atoms with van der Waals surface area (Å²) in [6.45, 7) is 1.51. The Balaban J connectivity index is 2.99. The molecule has 82 valence electrons. The molecule has 0 saturated carbocycles. The second-order valence-electron chi connectivity index (χ2n) is 2.60. The second-order valence-corrected chi connectivity index (χ2v) is 2.60. The molecule has 1 rings (SSSR count). The topological polar surface area (TPSA) is 110 Å². The van der Waals surface area contributed by atoms with Crippen LogP contribution in [-0.4, -0.2) is 40.8 Å². The Morgan fingerprint density at radius 1 is 1.53 bits per heavy atom. The molecule has 0 aromatic rings. The number of carboxylic acids is 1. The van der Waals surface area contributed by atoms with Crippen molar-refractivity contribution in [1.29, 1.82) is 0 Å². The van der Waals surface area contributed by atoms with Crippen LogP contribution in [0.15, 0.2) is 11.3 Å². The summed E-state index contributed by atoms with van der Waals surface area (Å²) in [5.41, 5.74) is -0.760. The van der Waals surface area contributed by atoms with Crippen LogP contribution >= 0.6 is 0 Å². The van der Waals surface area contributed by atoms with Crippen molar-refractivity contribution in [3.8, 4) is 0 Å².